The highest BCUT2D eigenvalue weighted by atomic mass is 16.3. The number of rotatable bonds is 1. The van der Waals surface area contributed by atoms with Gasteiger partial charge in [-0.2, -0.15) is 0 Å². The molecule has 2 N–H and O–H groups in total. The number of aryl methyl sites for hydroxylation is 1. The van der Waals surface area contributed by atoms with Gasteiger partial charge >= 0.3 is 0 Å². The summed E-state index contributed by atoms with van der Waals surface area (Å²) in [6.07, 6.45) is 0. The van der Waals surface area contributed by atoms with E-state index >= 15 is 0 Å². The third-order valence-electron chi connectivity index (χ3n) is 3.70. The molecule has 4 heteroatoms. The van der Waals surface area contributed by atoms with Crippen molar-refractivity contribution in [3.05, 3.63) is 29.8 Å². The summed E-state index contributed by atoms with van der Waals surface area (Å²) in [5.74, 6) is -0.372. The number of benzene rings is 1. The molecule has 0 aliphatic carbocycles. The van der Waals surface area contributed by atoms with Gasteiger partial charge in [0.1, 0.15) is 0 Å². The van der Waals surface area contributed by atoms with Crippen LogP contribution in [0.15, 0.2) is 24.3 Å². The zero-order valence-electron chi connectivity index (χ0n) is 10.6. The van der Waals surface area contributed by atoms with Gasteiger partial charge in [0.25, 0.3) is 5.91 Å². The van der Waals surface area contributed by atoms with E-state index in [-0.39, 0.29) is 5.91 Å². The Morgan fingerprint density at radius 3 is 2.12 bits per heavy atom. The number of hydrazine groups is 1. The molecule has 0 saturated carbocycles. The highest BCUT2D eigenvalue weighted by Gasteiger charge is 2.56. The number of carbonyl (C=O) groups excluding carboxylic acids is 1. The number of hydrogen-bond donors (Lipinski definition) is 2. The van der Waals surface area contributed by atoms with Crippen molar-refractivity contribution in [3.8, 4) is 0 Å². The van der Waals surface area contributed by atoms with Crippen molar-refractivity contribution in [1.82, 2.24) is 5.43 Å². The molecule has 92 valence electrons. The van der Waals surface area contributed by atoms with Crippen molar-refractivity contribution in [2.45, 2.75) is 38.8 Å². The van der Waals surface area contributed by atoms with Gasteiger partial charge in [-0.3, -0.25) is 15.2 Å². The van der Waals surface area contributed by atoms with Crippen LogP contribution in [0.1, 0.15) is 26.3 Å². The summed E-state index contributed by atoms with van der Waals surface area (Å²) < 4.78 is 0. The normalized spacial score (nSPS) is 27.1. The van der Waals surface area contributed by atoms with E-state index in [1.165, 1.54) is 6.92 Å². The molecule has 1 atom stereocenters. The zero-order valence-corrected chi connectivity index (χ0v) is 10.6. The predicted molar refractivity (Wildman–Crippen MR) is 66.5 cm³/mol. The molecule has 17 heavy (non-hydrogen) atoms. The fraction of sp³-hybridized carbons (Fsp3) is 0.462. The van der Waals surface area contributed by atoms with Gasteiger partial charge in [-0.1, -0.05) is 17.7 Å². The Labute approximate surface area is 101 Å². The molecule has 1 unspecified atom stereocenters. The van der Waals surface area contributed by atoms with E-state index < -0.39 is 11.1 Å². The maximum absolute atomic E-state index is 11.8. The molecular formula is C13H18N2O2. The van der Waals surface area contributed by atoms with Crippen molar-refractivity contribution < 1.29 is 9.90 Å². The minimum atomic E-state index is -1.40. The van der Waals surface area contributed by atoms with E-state index in [0.717, 1.165) is 11.3 Å². The molecular weight excluding hydrogens is 216 g/mol. The summed E-state index contributed by atoms with van der Waals surface area (Å²) in [4.78, 5) is 11.8. The van der Waals surface area contributed by atoms with Crippen molar-refractivity contribution >= 4 is 11.6 Å². The van der Waals surface area contributed by atoms with Crippen LogP contribution in [0.4, 0.5) is 5.69 Å². The van der Waals surface area contributed by atoms with Gasteiger partial charge in [-0.05, 0) is 39.8 Å². The summed E-state index contributed by atoms with van der Waals surface area (Å²) in [6, 6.07) is 7.81. The Morgan fingerprint density at radius 2 is 1.71 bits per heavy atom. The molecule has 0 bridgehead atoms. The Balaban J connectivity index is 2.42. The molecule has 0 radical (unpaired) electrons. The maximum atomic E-state index is 11.8. The average Bonchev–Trinajstić information content (AvgIpc) is 2.40. The van der Waals surface area contributed by atoms with E-state index in [2.05, 4.69) is 5.43 Å². The van der Waals surface area contributed by atoms with Crippen molar-refractivity contribution in [1.29, 1.82) is 0 Å². The monoisotopic (exact) mass is 234 g/mol. The number of amides is 1. The largest absolute Gasteiger partial charge is 0.378 e. The Morgan fingerprint density at radius 1 is 1.18 bits per heavy atom. The fourth-order valence-electron chi connectivity index (χ4n) is 1.93. The molecule has 1 aromatic carbocycles. The number of nitrogens with zero attached hydrogens (tertiary/aromatic N) is 1. The first kappa shape index (κ1) is 11.9. The van der Waals surface area contributed by atoms with E-state index in [0.29, 0.717) is 0 Å². The fourth-order valence-corrected chi connectivity index (χ4v) is 1.93. The number of anilines is 1. The van der Waals surface area contributed by atoms with Gasteiger partial charge in [-0.15, -0.1) is 0 Å². The van der Waals surface area contributed by atoms with Crippen molar-refractivity contribution in [3.63, 3.8) is 0 Å². The Kier molecular flexibility index (Phi) is 2.43. The number of carbonyl (C=O) groups is 1. The van der Waals surface area contributed by atoms with Crippen molar-refractivity contribution in [2.75, 3.05) is 5.01 Å². The lowest BCUT2D eigenvalue weighted by Crippen LogP contribution is -2.54. The zero-order chi connectivity index (χ0) is 12.8. The molecule has 0 aromatic heterocycles. The highest BCUT2D eigenvalue weighted by Crippen LogP contribution is 2.36. The van der Waals surface area contributed by atoms with E-state index in [9.17, 15) is 9.90 Å². The summed E-state index contributed by atoms with van der Waals surface area (Å²) in [6.45, 7) is 7.22. The molecule has 2 rings (SSSR count). The van der Waals surface area contributed by atoms with Crippen LogP contribution in [-0.4, -0.2) is 22.2 Å². The molecule has 1 aromatic rings. The third-order valence-corrected chi connectivity index (χ3v) is 3.70. The number of aliphatic hydroxyl groups is 1. The molecule has 1 amide bonds. The van der Waals surface area contributed by atoms with Crippen LogP contribution in [-0.2, 0) is 4.79 Å². The van der Waals surface area contributed by atoms with Gasteiger partial charge in [0.2, 0.25) is 0 Å². The van der Waals surface area contributed by atoms with Crippen LogP contribution in [0, 0.1) is 6.92 Å². The molecule has 1 aliphatic heterocycles. The Hall–Kier alpha value is -1.55. The first-order chi connectivity index (χ1) is 7.76. The van der Waals surface area contributed by atoms with Crippen molar-refractivity contribution in [2.24, 2.45) is 0 Å². The van der Waals surface area contributed by atoms with Crippen LogP contribution < -0.4 is 10.4 Å². The van der Waals surface area contributed by atoms with Crippen LogP contribution in [0.25, 0.3) is 0 Å². The number of nitrogens with one attached hydrogen (secondary N) is 1. The summed E-state index contributed by atoms with van der Waals surface area (Å²) in [5.41, 5.74) is 2.64. The summed E-state index contributed by atoms with van der Waals surface area (Å²) in [7, 11) is 0. The molecule has 1 heterocycles. The first-order valence-corrected chi connectivity index (χ1v) is 5.67. The Bertz CT molecular complexity index is 449. The second kappa shape index (κ2) is 3.47. The minimum Gasteiger partial charge on any atom is -0.378 e. The van der Waals surface area contributed by atoms with Crippen LogP contribution in [0.3, 0.4) is 0 Å². The topological polar surface area (TPSA) is 52.6 Å². The summed E-state index contributed by atoms with van der Waals surface area (Å²) >= 11 is 0. The van der Waals surface area contributed by atoms with E-state index in [1.807, 2.05) is 45.0 Å². The lowest BCUT2D eigenvalue weighted by molar-refractivity contribution is -0.136. The van der Waals surface area contributed by atoms with E-state index in [1.54, 1.807) is 5.01 Å². The second-order valence-electron chi connectivity index (χ2n) is 5.24. The van der Waals surface area contributed by atoms with E-state index in [4.69, 9.17) is 0 Å². The molecule has 0 spiro atoms. The van der Waals surface area contributed by atoms with Crippen LogP contribution in [0.2, 0.25) is 0 Å². The van der Waals surface area contributed by atoms with Gasteiger partial charge in [0.15, 0.2) is 5.60 Å². The van der Waals surface area contributed by atoms with Gasteiger partial charge in [0.05, 0.1) is 11.2 Å². The lowest BCUT2D eigenvalue weighted by Gasteiger charge is -2.37. The number of hydrogen-bond acceptors (Lipinski definition) is 3. The smallest absolute Gasteiger partial charge is 0.272 e. The van der Waals surface area contributed by atoms with Crippen LogP contribution >= 0.6 is 0 Å². The molecule has 1 saturated heterocycles. The summed E-state index contributed by atoms with van der Waals surface area (Å²) in [5, 5.41) is 11.9. The average molecular weight is 234 g/mol. The standard InChI is InChI=1S/C13H18N2O2/c1-9-5-7-10(8-6-9)15-12(2,3)13(4,17)11(16)14-15/h5-8,17H,1-4H3,(H,14,16). The SMILES string of the molecule is Cc1ccc(N2NC(=O)C(C)(O)C2(C)C)cc1. The van der Waals surface area contributed by atoms with Crippen LogP contribution in [0.5, 0.6) is 0 Å². The maximum Gasteiger partial charge on any atom is 0.272 e. The highest BCUT2D eigenvalue weighted by molar-refractivity contribution is 5.92. The van der Waals surface area contributed by atoms with Gasteiger partial charge in [-0.25, -0.2) is 0 Å². The van der Waals surface area contributed by atoms with Gasteiger partial charge < -0.3 is 5.11 Å². The molecule has 1 aliphatic rings. The third kappa shape index (κ3) is 1.60. The molecule has 1 fully saturated rings. The second-order valence-corrected chi connectivity index (χ2v) is 5.24. The first-order valence-electron chi connectivity index (χ1n) is 5.67. The lowest BCUT2D eigenvalue weighted by atomic mass is 9.85. The molecule has 4 nitrogen and oxygen atoms in total. The quantitative estimate of drug-likeness (QED) is 0.771. The van der Waals surface area contributed by atoms with Gasteiger partial charge in [0, 0.05) is 0 Å². The predicted octanol–water partition coefficient (Wildman–Crippen LogP) is 1.38. The minimum absolute atomic E-state index is 0.372.